The van der Waals surface area contributed by atoms with Crippen LogP contribution in [0, 0.1) is 0 Å². The summed E-state index contributed by atoms with van der Waals surface area (Å²) in [4.78, 5) is 43.4. The van der Waals surface area contributed by atoms with Crippen molar-refractivity contribution in [3.05, 3.63) is 58.9 Å². The van der Waals surface area contributed by atoms with E-state index in [2.05, 4.69) is 15.6 Å². The van der Waals surface area contributed by atoms with E-state index in [1.807, 2.05) is 6.07 Å². The molecule has 2 N–H and O–H groups in total. The van der Waals surface area contributed by atoms with Gasteiger partial charge in [-0.25, -0.2) is 4.79 Å². The maximum Gasteiger partial charge on any atom is 0.418 e. The number of benzene rings is 1. The Morgan fingerprint density at radius 1 is 1.18 bits per heavy atom. The van der Waals surface area contributed by atoms with Crippen LogP contribution in [-0.4, -0.2) is 79.7 Å². The van der Waals surface area contributed by atoms with E-state index in [1.165, 1.54) is 26.4 Å². The van der Waals surface area contributed by atoms with Crippen LogP contribution in [0.25, 0.3) is 0 Å². The number of fused-ring (bicyclic) bond motifs is 1. The van der Waals surface area contributed by atoms with Gasteiger partial charge in [-0.05, 0) is 35.7 Å². The molecule has 1 aromatic heterocycles. The van der Waals surface area contributed by atoms with E-state index in [4.69, 9.17) is 9.47 Å². The van der Waals surface area contributed by atoms with E-state index < -0.39 is 30.3 Å². The Morgan fingerprint density at radius 2 is 1.97 bits per heavy atom. The molecule has 2 aromatic rings. The number of hydrogen-bond acceptors (Lipinski definition) is 7. The number of ether oxygens (including phenoxy) is 2. The van der Waals surface area contributed by atoms with E-state index in [9.17, 15) is 27.6 Å². The standard InChI is InChI=1S/C25H30F3N5O5/c1-29-24(36)38-12-11-33(15-21-19(25(26,27)28)6-4-9-30-21)22(34)13-31-20-7-3-5-17-14-32(10-8-18(17)20)23(35)16-37-2/h3-7,9,31H,8,10-16H2,1-2H3,(H,29,36). The molecule has 10 nitrogen and oxygen atoms in total. The molecule has 0 saturated carbocycles. The van der Waals surface area contributed by atoms with Crippen LogP contribution in [0.3, 0.4) is 0 Å². The highest BCUT2D eigenvalue weighted by molar-refractivity contribution is 5.81. The third kappa shape index (κ3) is 7.57. The first-order chi connectivity index (χ1) is 18.1. The minimum Gasteiger partial charge on any atom is -0.448 e. The fourth-order valence-corrected chi connectivity index (χ4v) is 4.10. The van der Waals surface area contributed by atoms with E-state index in [0.717, 1.165) is 22.1 Å². The van der Waals surface area contributed by atoms with E-state index in [1.54, 1.807) is 17.0 Å². The molecule has 0 aliphatic carbocycles. The molecule has 0 saturated heterocycles. The highest BCUT2D eigenvalue weighted by Gasteiger charge is 2.34. The number of nitrogens with one attached hydrogen (secondary N) is 2. The summed E-state index contributed by atoms with van der Waals surface area (Å²) in [7, 11) is 2.83. The van der Waals surface area contributed by atoms with Gasteiger partial charge in [0, 0.05) is 39.1 Å². The fourth-order valence-electron chi connectivity index (χ4n) is 4.10. The Kier molecular flexibility index (Phi) is 9.88. The molecule has 0 fully saturated rings. The third-order valence-electron chi connectivity index (χ3n) is 6.00. The monoisotopic (exact) mass is 537 g/mol. The molecule has 0 bridgehead atoms. The van der Waals surface area contributed by atoms with Crippen LogP contribution in [0.4, 0.5) is 23.7 Å². The second-order valence-electron chi connectivity index (χ2n) is 8.49. The Morgan fingerprint density at radius 3 is 2.68 bits per heavy atom. The minimum atomic E-state index is -4.64. The smallest absolute Gasteiger partial charge is 0.418 e. The molecule has 1 aliphatic rings. The van der Waals surface area contributed by atoms with Gasteiger partial charge in [0.15, 0.2) is 0 Å². The summed E-state index contributed by atoms with van der Waals surface area (Å²) in [5, 5.41) is 5.35. The van der Waals surface area contributed by atoms with Crippen LogP contribution in [0.5, 0.6) is 0 Å². The maximum absolute atomic E-state index is 13.5. The van der Waals surface area contributed by atoms with Crippen molar-refractivity contribution in [2.45, 2.75) is 25.7 Å². The van der Waals surface area contributed by atoms with Crippen molar-refractivity contribution in [3.63, 3.8) is 0 Å². The van der Waals surface area contributed by atoms with Crippen molar-refractivity contribution in [3.8, 4) is 0 Å². The first-order valence-corrected chi connectivity index (χ1v) is 11.9. The molecule has 1 aromatic carbocycles. The second-order valence-corrected chi connectivity index (χ2v) is 8.49. The summed E-state index contributed by atoms with van der Waals surface area (Å²) < 4.78 is 50.3. The largest absolute Gasteiger partial charge is 0.448 e. The first-order valence-electron chi connectivity index (χ1n) is 11.9. The van der Waals surface area contributed by atoms with Gasteiger partial charge in [-0.3, -0.25) is 14.6 Å². The number of amides is 3. The van der Waals surface area contributed by atoms with Gasteiger partial charge in [0.25, 0.3) is 0 Å². The number of hydrogen-bond donors (Lipinski definition) is 2. The zero-order valence-electron chi connectivity index (χ0n) is 21.1. The molecular weight excluding hydrogens is 507 g/mol. The summed E-state index contributed by atoms with van der Waals surface area (Å²) >= 11 is 0. The normalized spacial score (nSPS) is 12.9. The van der Waals surface area contributed by atoms with Crippen LogP contribution in [0.1, 0.15) is 22.4 Å². The average Bonchev–Trinajstić information content (AvgIpc) is 2.90. The molecule has 13 heteroatoms. The highest BCUT2D eigenvalue weighted by Crippen LogP contribution is 2.31. The Bertz CT molecular complexity index is 1140. The molecule has 1 aliphatic heterocycles. The van der Waals surface area contributed by atoms with Gasteiger partial charge in [-0.15, -0.1) is 0 Å². The molecule has 0 atom stereocenters. The summed E-state index contributed by atoms with van der Waals surface area (Å²) in [6.07, 6.45) is -3.58. The number of nitrogens with zero attached hydrogens (tertiary/aromatic N) is 3. The van der Waals surface area contributed by atoms with Crippen molar-refractivity contribution >= 4 is 23.6 Å². The highest BCUT2D eigenvalue weighted by atomic mass is 19.4. The van der Waals surface area contributed by atoms with Gasteiger partial charge >= 0.3 is 12.3 Å². The predicted molar refractivity (Wildman–Crippen MR) is 131 cm³/mol. The molecule has 0 unspecified atom stereocenters. The number of methoxy groups -OCH3 is 1. The lowest BCUT2D eigenvalue weighted by Gasteiger charge is -2.30. The third-order valence-corrected chi connectivity index (χ3v) is 6.00. The maximum atomic E-state index is 13.5. The number of alkyl halides is 3. The van der Waals surface area contributed by atoms with Gasteiger partial charge < -0.3 is 29.9 Å². The summed E-state index contributed by atoms with van der Waals surface area (Å²) in [6, 6.07) is 7.59. The van der Waals surface area contributed by atoms with Crippen molar-refractivity contribution in [2.75, 3.05) is 52.3 Å². The van der Waals surface area contributed by atoms with Gasteiger partial charge in [0.1, 0.15) is 13.2 Å². The number of aromatic nitrogens is 1. The van der Waals surface area contributed by atoms with Crippen LogP contribution >= 0.6 is 0 Å². The van der Waals surface area contributed by atoms with Crippen LogP contribution in [0.2, 0.25) is 0 Å². The number of anilines is 1. The van der Waals surface area contributed by atoms with Crippen LogP contribution < -0.4 is 10.6 Å². The number of halogens is 3. The SMILES string of the molecule is CNC(=O)OCCN(Cc1ncccc1C(F)(F)F)C(=O)CNc1cccc2c1CCN(C(=O)COC)C2. The Labute approximate surface area is 218 Å². The van der Waals surface area contributed by atoms with Gasteiger partial charge in [0.05, 0.1) is 30.9 Å². The molecule has 3 amide bonds. The van der Waals surface area contributed by atoms with Gasteiger partial charge in [0.2, 0.25) is 11.8 Å². The molecule has 2 heterocycles. The summed E-state index contributed by atoms with van der Waals surface area (Å²) in [5.41, 5.74) is 1.33. The first kappa shape index (κ1) is 28.7. The molecule has 0 radical (unpaired) electrons. The van der Waals surface area contributed by atoms with Gasteiger partial charge in [-0.1, -0.05) is 12.1 Å². The lowest BCUT2D eigenvalue weighted by Crippen LogP contribution is -2.39. The van der Waals surface area contributed by atoms with E-state index in [0.29, 0.717) is 25.2 Å². The topological polar surface area (TPSA) is 113 Å². The predicted octanol–water partition coefficient (Wildman–Crippen LogP) is 2.43. The van der Waals surface area contributed by atoms with Crippen molar-refractivity contribution in [1.29, 1.82) is 0 Å². The van der Waals surface area contributed by atoms with Gasteiger partial charge in [-0.2, -0.15) is 13.2 Å². The molecule has 38 heavy (non-hydrogen) atoms. The average molecular weight is 538 g/mol. The second kappa shape index (κ2) is 13.1. The summed E-state index contributed by atoms with van der Waals surface area (Å²) in [5.74, 6) is -0.622. The quantitative estimate of drug-likeness (QED) is 0.479. The number of pyridine rings is 1. The summed E-state index contributed by atoms with van der Waals surface area (Å²) in [6.45, 7) is -0.0905. The lowest BCUT2D eigenvalue weighted by molar-refractivity contribution is -0.140. The van der Waals surface area contributed by atoms with E-state index >= 15 is 0 Å². The van der Waals surface area contributed by atoms with Crippen LogP contribution in [0.15, 0.2) is 36.5 Å². The van der Waals surface area contributed by atoms with E-state index in [-0.39, 0.29) is 37.9 Å². The Balaban J connectivity index is 1.73. The van der Waals surface area contributed by atoms with Crippen molar-refractivity contribution in [1.82, 2.24) is 20.1 Å². The number of carbonyl (C=O) groups excluding carboxylic acids is 3. The van der Waals surface area contributed by atoms with Crippen LogP contribution in [-0.2, 0) is 44.7 Å². The zero-order chi connectivity index (χ0) is 27.7. The zero-order valence-corrected chi connectivity index (χ0v) is 21.1. The lowest BCUT2D eigenvalue weighted by atomic mass is 9.97. The van der Waals surface area contributed by atoms with Crippen molar-refractivity contribution in [2.24, 2.45) is 0 Å². The minimum absolute atomic E-state index is 0.00638. The number of alkyl carbamates (subject to hydrolysis) is 1. The molecule has 206 valence electrons. The molecule has 3 rings (SSSR count). The van der Waals surface area contributed by atoms with Crippen molar-refractivity contribution < 1.29 is 37.0 Å². The molecular formula is C25H30F3N5O5. The number of rotatable bonds is 10. The Hall–Kier alpha value is -3.87. The fraction of sp³-hybridized carbons (Fsp3) is 0.440. The molecule has 0 spiro atoms. The number of carbonyl (C=O) groups is 3.